The monoisotopic (exact) mass is 301 g/mol. The van der Waals surface area contributed by atoms with Gasteiger partial charge in [0.25, 0.3) is 0 Å². The van der Waals surface area contributed by atoms with Crippen molar-refractivity contribution in [2.45, 2.75) is 37.0 Å². The standard InChI is InChI=1S/C8H16BrNO2S2/c1-13-8-4-2-3-7(5-8)10-14(11,12)6-9/h7-8,10H,2-6H2,1H3. The Labute approximate surface area is 98.6 Å². The summed E-state index contributed by atoms with van der Waals surface area (Å²) >= 11 is 4.81. The summed E-state index contributed by atoms with van der Waals surface area (Å²) in [5, 5.41) is 0.617. The van der Waals surface area contributed by atoms with Crippen molar-refractivity contribution >= 4 is 37.7 Å². The molecular formula is C8H16BrNO2S2. The highest BCUT2D eigenvalue weighted by Gasteiger charge is 2.24. The Morgan fingerprint density at radius 1 is 1.50 bits per heavy atom. The molecule has 0 heterocycles. The van der Waals surface area contributed by atoms with Crippen LogP contribution in [0.25, 0.3) is 0 Å². The van der Waals surface area contributed by atoms with Crippen LogP contribution in [0.3, 0.4) is 0 Å². The molecule has 14 heavy (non-hydrogen) atoms. The van der Waals surface area contributed by atoms with Crippen LogP contribution in [0.4, 0.5) is 0 Å². The van der Waals surface area contributed by atoms with Crippen LogP contribution in [0.5, 0.6) is 0 Å². The van der Waals surface area contributed by atoms with E-state index in [1.54, 1.807) is 0 Å². The molecule has 0 aliphatic heterocycles. The molecule has 1 aliphatic carbocycles. The second-order valence-corrected chi connectivity index (χ2v) is 7.76. The summed E-state index contributed by atoms with van der Waals surface area (Å²) in [5.74, 6) is 0. The lowest BCUT2D eigenvalue weighted by atomic mass is 9.96. The number of hydrogen-bond acceptors (Lipinski definition) is 3. The van der Waals surface area contributed by atoms with Crippen LogP contribution in [0.1, 0.15) is 25.7 Å². The molecule has 1 saturated carbocycles. The van der Waals surface area contributed by atoms with Gasteiger partial charge in [0, 0.05) is 11.3 Å². The maximum atomic E-state index is 11.3. The molecule has 2 unspecified atom stereocenters. The minimum Gasteiger partial charge on any atom is -0.212 e. The van der Waals surface area contributed by atoms with Crippen LogP contribution in [-0.2, 0) is 10.0 Å². The number of alkyl halides is 1. The maximum absolute atomic E-state index is 11.3. The molecule has 0 aromatic carbocycles. The SMILES string of the molecule is CSC1CCCC(NS(=O)(=O)CBr)C1. The van der Waals surface area contributed by atoms with Crippen molar-refractivity contribution in [2.75, 3.05) is 10.9 Å². The van der Waals surface area contributed by atoms with E-state index in [0.717, 1.165) is 19.3 Å². The molecule has 0 saturated heterocycles. The van der Waals surface area contributed by atoms with E-state index in [4.69, 9.17) is 0 Å². The second kappa shape index (κ2) is 5.72. The van der Waals surface area contributed by atoms with Crippen molar-refractivity contribution in [1.29, 1.82) is 0 Å². The zero-order valence-corrected chi connectivity index (χ0v) is 11.4. The molecule has 0 aromatic rings. The van der Waals surface area contributed by atoms with Gasteiger partial charge < -0.3 is 0 Å². The van der Waals surface area contributed by atoms with E-state index < -0.39 is 10.0 Å². The maximum Gasteiger partial charge on any atom is 0.221 e. The molecule has 84 valence electrons. The Morgan fingerprint density at radius 2 is 2.21 bits per heavy atom. The number of nitrogens with one attached hydrogen (secondary N) is 1. The summed E-state index contributed by atoms with van der Waals surface area (Å²) in [6.45, 7) is 0. The summed E-state index contributed by atoms with van der Waals surface area (Å²) in [6.07, 6.45) is 6.37. The summed E-state index contributed by atoms with van der Waals surface area (Å²) in [7, 11) is -3.09. The molecule has 1 aliphatic rings. The first kappa shape index (κ1) is 12.8. The lowest BCUT2D eigenvalue weighted by Crippen LogP contribution is -2.39. The third kappa shape index (κ3) is 4.08. The smallest absolute Gasteiger partial charge is 0.212 e. The van der Waals surface area contributed by atoms with Gasteiger partial charge >= 0.3 is 0 Å². The van der Waals surface area contributed by atoms with Gasteiger partial charge in [0.2, 0.25) is 10.0 Å². The van der Waals surface area contributed by atoms with Crippen molar-refractivity contribution in [1.82, 2.24) is 4.72 Å². The minimum absolute atomic E-state index is 0.000431. The van der Waals surface area contributed by atoms with Crippen LogP contribution >= 0.6 is 27.7 Å². The van der Waals surface area contributed by atoms with E-state index in [9.17, 15) is 8.42 Å². The zero-order chi connectivity index (χ0) is 10.6. The van der Waals surface area contributed by atoms with Crippen molar-refractivity contribution in [3.05, 3.63) is 0 Å². The van der Waals surface area contributed by atoms with Crippen molar-refractivity contribution in [3.8, 4) is 0 Å². The topological polar surface area (TPSA) is 46.2 Å². The van der Waals surface area contributed by atoms with Gasteiger partial charge in [-0.2, -0.15) is 11.8 Å². The van der Waals surface area contributed by atoms with Gasteiger partial charge in [-0.05, 0) is 25.5 Å². The van der Waals surface area contributed by atoms with E-state index in [1.165, 1.54) is 6.42 Å². The first-order valence-corrected chi connectivity index (χ1v) is 8.72. The number of sulfonamides is 1. The molecular weight excluding hydrogens is 286 g/mol. The Kier molecular flexibility index (Phi) is 5.24. The van der Waals surface area contributed by atoms with Gasteiger partial charge in [0.15, 0.2) is 0 Å². The highest BCUT2D eigenvalue weighted by Crippen LogP contribution is 2.27. The molecule has 0 bridgehead atoms. The third-order valence-electron chi connectivity index (χ3n) is 2.45. The van der Waals surface area contributed by atoms with E-state index in [-0.39, 0.29) is 10.7 Å². The Bertz CT molecular complexity index is 269. The lowest BCUT2D eigenvalue weighted by Gasteiger charge is -2.28. The highest BCUT2D eigenvalue weighted by atomic mass is 79.9. The normalized spacial score (nSPS) is 29.0. The fourth-order valence-corrected chi connectivity index (χ4v) is 3.76. The van der Waals surface area contributed by atoms with Gasteiger partial charge in [0.05, 0.1) is 0 Å². The quantitative estimate of drug-likeness (QED) is 0.807. The first-order valence-electron chi connectivity index (χ1n) is 4.66. The molecule has 2 atom stereocenters. The van der Waals surface area contributed by atoms with E-state index in [0.29, 0.717) is 5.25 Å². The first-order chi connectivity index (χ1) is 6.57. The molecule has 3 nitrogen and oxygen atoms in total. The summed E-state index contributed by atoms with van der Waals surface area (Å²) in [6, 6.07) is 0.142. The molecule has 0 spiro atoms. The Balaban J connectivity index is 2.45. The highest BCUT2D eigenvalue weighted by molar-refractivity contribution is 9.10. The number of hydrogen-bond donors (Lipinski definition) is 1. The molecule has 1 fully saturated rings. The predicted molar refractivity (Wildman–Crippen MR) is 65.4 cm³/mol. The van der Waals surface area contributed by atoms with Crippen molar-refractivity contribution in [2.24, 2.45) is 0 Å². The van der Waals surface area contributed by atoms with Crippen LogP contribution in [-0.4, -0.2) is 30.6 Å². The molecule has 0 radical (unpaired) electrons. The Morgan fingerprint density at radius 3 is 2.79 bits per heavy atom. The van der Waals surface area contributed by atoms with E-state index >= 15 is 0 Å². The summed E-state index contributed by atoms with van der Waals surface area (Å²) < 4.78 is 25.3. The number of halogens is 1. The van der Waals surface area contributed by atoms with Gasteiger partial charge in [-0.25, -0.2) is 13.1 Å². The minimum atomic E-state index is -3.09. The molecule has 0 amide bonds. The average Bonchev–Trinajstić information content (AvgIpc) is 2.17. The van der Waals surface area contributed by atoms with Crippen LogP contribution in [0.2, 0.25) is 0 Å². The van der Waals surface area contributed by atoms with Gasteiger partial charge in [-0.1, -0.05) is 22.4 Å². The molecule has 0 aromatic heterocycles. The van der Waals surface area contributed by atoms with Crippen LogP contribution in [0, 0.1) is 0 Å². The van der Waals surface area contributed by atoms with E-state index in [1.807, 2.05) is 11.8 Å². The number of thioether (sulfide) groups is 1. The largest absolute Gasteiger partial charge is 0.221 e. The van der Waals surface area contributed by atoms with Crippen LogP contribution < -0.4 is 4.72 Å². The average molecular weight is 302 g/mol. The summed E-state index contributed by atoms with van der Waals surface area (Å²) in [4.78, 5) is 0. The number of rotatable bonds is 4. The van der Waals surface area contributed by atoms with Crippen LogP contribution in [0.15, 0.2) is 0 Å². The van der Waals surface area contributed by atoms with Gasteiger partial charge in [0.1, 0.15) is 4.66 Å². The molecule has 1 rings (SSSR count). The third-order valence-corrected chi connectivity index (χ3v) is 6.33. The van der Waals surface area contributed by atoms with Crippen molar-refractivity contribution < 1.29 is 8.42 Å². The lowest BCUT2D eigenvalue weighted by molar-refractivity contribution is 0.421. The Hall–Kier alpha value is 0.740. The van der Waals surface area contributed by atoms with Gasteiger partial charge in [-0.15, -0.1) is 0 Å². The molecule has 1 N–H and O–H groups in total. The molecule has 6 heteroatoms. The second-order valence-electron chi connectivity index (χ2n) is 3.56. The van der Waals surface area contributed by atoms with Crippen molar-refractivity contribution in [3.63, 3.8) is 0 Å². The predicted octanol–water partition coefficient (Wildman–Crippen LogP) is 1.93. The fourth-order valence-electron chi connectivity index (χ4n) is 1.75. The fraction of sp³-hybridized carbons (Fsp3) is 1.00. The van der Waals surface area contributed by atoms with Gasteiger partial charge in [-0.3, -0.25) is 0 Å². The van der Waals surface area contributed by atoms with E-state index in [2.05, 4.69) is 26.9 Å². The zero-order valence-electron chi connectivity index (χ0n) is 8.20. The summed E-state index contributed by atoms with van der Waals surface area (Å²) in [5.41, 5.74) is 0.